The monoisotopic (exact) mass is 533 g/mol. The number of methoxy groups -OCH3 is 2. The van der Waals surface area contributed by atoms with Crippen LogP contribution in [0.5, 0.6) is 11.5 Å². The molecule has 1 N–H and O–H groups in total. The molecule has 1 heterocycles. The number of benzene rings is 1. The van der Waals surface area contributed by atoms with Crippen LogP contribution in [0.4, 0.5) is 0 Å². The molecule has 1 saturated heterocycles. The molecule has 1 aliphatic heterocycles. The van der Waals surface area contributed by atoms with Crippen LogP contribution >= 0.6 is 0 Å². The van der Waals surface area contributed by atoms with Gasteiger partial charge in [-0.3, -0.25) is 4.79 Å². The van der Waals surface area contributed by atoms with Crippen LogP contribution in [-0.2, 0) is 9.53 Å². The van der Waals surface area contributed by atoms with Crippen molar-refractivity contribution in [1.29, 1.82) is 0 Å². The van der Waals surface area contributed by atoms with Crippen molar-refractivity contribution in [3.63, 3.8) is 0 Å². The molecule has 1 amide bonds. The van der Waals surface area contributed by atoms with Gasteiger partial charge in [-0.25, -0.2) is 0 Å². The Kier molecular flexibility index (Phi) is 14.7. The van der Waals surface area contributed by atoms with Crippen molar-refractivity contribution in [2.45, 2.75) is 70.9 Å². The minimum Gasteiger partial charge on any atom is -0.493 e. The maximum Gasteiger partial charge on any atom is 0.254 e. The van der Waals surface area contributed by atoms with E-state index in [1.54, 1.807) is 20.3 Å². The van der Waals surface area contributed by atoms with Crippen LogP contribution < -0.4 is 14.8 Å². The summed E-state index contributed by atoms with van der Waals surface area (Å²) in [5.74, 6) is 2.38. The van der Waals surface area contributed by atoms with Gasteiger partial charge in [0, 0.05) is 69.8 Å². The lowest BCUT2D eigenvalue weighted by molar-refractivity contribution is -0.108. The summed E-state index contributed by atoms with van der Waals surface area (Å²) in [6.45, 7) is 7.99. The van der Waals surface area contributed by atoms with E-state index in [0.29, 0.717) is 36.2 Å². The zero-order valence-electron chi connectivity index (χ0n) is 24.5. The van der Waals surface area contributed by atoms with E-state index < -0.39 is 0 Å². The number of aldehydes is 1. The van der Waals surface area contributed by atoms with Gasteiger partial charge >= 0.3 is 0 Å². The van der Waals surface area contributed by atoms with E-state index in [-0.39, 0.29) is 18.0 Å². The molecule has 0 aromatic heterocycles. The van der Waals surface area contributed by atoms with Crippen molar-refractivity contribution in [2.24, 2.45) is 11.8 Å². The number of carbonyl (C=O) groups excluding carboxylic acids is 2. The molecule has 1 aliphatic carbocycles. The summed E-state index contributed by atoms with van der Waals surface area (Å²) in [5.41, 5.74) is 0.622. The Morgan fingerprint density at radius 3 is 2.42 bits per heavy atom. The van der Waals surface area contributed by atoms with E-state index in [1.807, 2.05) is 17.0 Å². The first kappa shape index (κ1) is 32.1. The van der Waals surface area contributed by atoms with Gasteiger partial charge < -0.3 is 34.1 Å². The van der Waals surface area contributed by atoms with E-state index in [9.17, 15) is 9.59 Å². The highest BCUT2D eigenvalue weighted by Crippen LogP contribution is 2.30. The van der Waals surface area contributed by atoms with Crippen LogP contribution in [0.25, 0.3) is 0 Å². The number of nitrogens with one attached hydrogen (secondary N) is 1. The average molecular weight is 534 g/mol. The highest BCUT2D eigenvalue weighted by atomic mass is 16.5. The van der Waals surface area contributed by atoms with Crippen LogP contribution in [0.3, 0.4) is 0 Å². The van der Waals surface area contributed by atoms with E-state index in [4.69, 9.17) is 14.2 Å². The summed E-state index contributed by atoms with van der Waals surface area (Å²) in [4.78, 5) is 27.8. The van der Waals surface area contributed by atoms with Crippen LogP contribution in [0.15, 0.2) is 18.2 Å². The van der Waals surface area contributed by atoms with Crippen molar-refractivity contribution < 1.29 is 23.8 Å². The predicted molar refractivity (Wildman–Crippen MR) is 152 cm³/mol. The molecule has 2 aliphatic rings. The molecule has 1 aromatic carbocycles. The van der Waals surface area contributed by atoms with Crippen molar-refractivity contribution in [3.8, 4) is 11.5 Å². The summed E-state index contributed by atoms with van der Waals surface area (Å²) in [7, 11) is 7.43. The molecule has 3 rings (SSSR count). The van der Waals surface area contributed by atoms with Crippen LogP contribution in [-0.4, -0.2) is 95.2 Å². The molecular formula is C30H51N3O5. The normalized spacial score (nSPS) is 19.7. The van der Waals surface area contributed by atoms with Gasteiger partial charge in [0.2, 0.25) is 0 Å². The molecule has 1 aromatic rings. The van der Waals surface area contributed by atoms with Gasteiger partial charge in [0.15, 0.2) is 11.5 Å². The molecule has 2 unspecified atom stereocenters. The SMILES string of the molecule is COCCCOc1cc(C(=O)N(C(C)C)C2CNCC2CN(C)C)ccc1OC.O=CCC1CCCCC1. The number of hydrogen-bond donors (Lipinski definition) is 1. The maximum atomic E-state index is 13.5. The minimum absolute atomic E-state index is 0.0295. The fraction of sp³-hybridized carbons (Fsp3) is 0.733. The molecule has 2 atom stereocenters. The van der Waals surface area contributed by atoms with Crippen molar-refractivity contribution in [2.75, 3.05) is 61.2 Å². The fourth-order valence-electron chi connectivity index (χ4n) is 5.48. The number of ether oxygens (including phenoxy) is 3. The summed E-state index contributed by atoms with van der Waals surface area (Å²) >= 11 is 0. The van der Waals surface area contributed by atoms with Gasteiger partial charge in [-0.15, -0.1) is 0 Å². The number of amides is 1. The second-order valence-electron chi connectivity index (χ2n) is 11.0. The molecule has 0 spiro atoms. The van der Waals surface area contributed by atoms with Crippen LogP contribution in [0, 0.1) is 11.8 Å². The number of nitrogens with zero attached hydrogens (tertiary/aromatic N) is 2. The summed E-state index contributed by atoms with van der Waals surface area (Å²) in [5, 5.41) is 3.46. The Balaban J connectivity index is 0.000000474. The van der Waals surface area contributed by atoms with Crippen LogP contribution in [0.1, 0.15) is 69.2 Å². The van der Waals surface area contributed by atoms with E-state index in [1.165, 1.54) is 32.1 Å². The van der Waals surface area contributed by atoms with E-state index in [0.717, 1.165) is 44.7 Å². The standard InChI is InChI=1S/C22H37N3O4.C8H14O/c1-16(2)25(19-14-23-13-18(19)15-24(3)4)22(26)17-8-9-20(28-6)21(12-17)29-11-7-10-27-5;9-7-6-8-4-2-1-3-5-8/h8-9,12,16,18-19,23H,7,10-11,13-15H2,1-6H3;7-8H,1-6H2. The minimum atomic E-state index is 0.0295. The largest absolute Gasteiger partial charge is 0.493 e. The smallest absolute Gasteiger partial charge is 0.254 e. The maximum absolute atomic E-state index is 13.5. The number of hydrogen-bond acceptors (Lipinski definition) is 7. The second-order valence-corrected chi connectivity index (χ2v) is 11.0. The third-order valence-electron chi connectivity index (χ3n) is 7.37. The van der Waals surface area contributed by atoms with Crippen molar-refractivity contribution in [3.05, 3.63) is 23.8 Å². The van der Waals surface area contributed by atoms with Crippen molar-refractivity contribution in [1.82, 2.24) is 15.1 Å². The molecule has 2 fully saturated rings. The first-order valence-corrected chi connectivity index (χ1v) is 14.2. The fourth-order valence-corrected chi connectivity index (χ4v) is 5.48. The van der Waals surface area contributed by atoms with Crippen molar-refractivity contribution >= 4 is 12.2 Å². The van der Waals surface area contributed by atoms with E-state index in [2.05, 4.69) is 38.2 Å². The summed E-state index contributed by atoms with van der Waals surface area (Å²) < 4.78 is 16.3. The van der Waals surface area contributed by atoms with Gasteiger partial charge in [0.25, 0.3) is 5.91 Å². The lowest BCUT2D eigenvalue weighted by Gasteiger charge is -2.36. The quantitative estimate of drug-likeness (QED) is 0.300. The third-order valence-corrected chi connectivity index (χ3v) is 7.37. The Morgan fingerprint density at radius 1 is 1.08 bits per heavy atom. The van der Waals surface area contributed by atoms with Gasteiger partial charge in [-0.1, -0.05) is 32.1 Å². The van der Waals surface area contributed by atoms with Crippen LogP contribution in [0.2, 0.25) is 0 Å². The average Bonchev–Trinajstić information content (AvgIpc) is 3.34. The predicted octanol–water partition coefficient (Wildman–Crippen LogP) is 4.27. The van der Waals surface area contributed by atoms with Gasteiger partial charge in [0.1, 0.15) is 6.29 Å². The highest BCUT2D eigenvalue weighted by molar-refractivity contribution is 5.95. The summed E-state index contributed by atoms with van der Waals surface area (Å²) in [6.07, 6.45) is 9.30. The lowest BCUT2D eigenvalue weighted by atomic mass is 9.87. The molecule has 0 bridgehead atoms. The van der Waals surface area contributed by atoms with E-state index >= 15 is 0 Å². The molecule has 38 heavy (non-hydrogen) atoms. The lowest BCUT2D eigenvalue weighted by Crippen LogP contribution is -2.50. The zero-order chi connectivity index (χ0) is 27.9. The first-order valence-electron chi connectivity index (χ1n) is 14.2. The molecule has 1 saturated carbocycles. The Bertz CT molecular complexity index is 826. The highest BCUT2D eigenvalue weighted by Gasteiger charge is 2.36. The van der Waals surface area contributed by atoms with Gasteiger partial charge in [0.05, 0.1) is 13.7 Å². The Labute approximate surface area is 230 Å². The molecule has 8 heteroatoms. The summed E-state index contributed by atoms with van der Waals surface area (Å²) in [6, 6.07) is 5.69. The molecule has 216 valence electrons. The molecule has 8 nitrogen and oxygen atoms in total. The zero-order valence-corrected chi connectivity index (χ0v) is 24.5. The molecule has 0 radical (unpaired) electrons. The second kappa shape index (κ2) is 17.4. The van der Waals surface area contributed by atoms with Gasteiger partial charge in [-0.05, 0) is 52.1 Å². The number of rotatable bonds is 13. The third kappa shape index (κ3) is 10.2. The number of carbonyl (C=O) groups is 2. The Hall–Kier alpha value is -2.16. The molecular weight excluding hydrogens is 482 g/mol. The van der Waals surface area contributed by atoms with Gasteiger partial charge in [-0.2, -0.15) is 0 Å². The first-order chi connectivity index (χ1) is 18.3. The topological polar surface area (TPSA) is 80.3 Å². The Morgan fingerprint density at radius 2 is 1.82 bits per heavy atom.